The summed E-state index contributed by atoms with van der Waals surface area (Å²) in [7, 11) is 1.52. The lowest BCUT2D eigenvalue weighted by Gasteiger charge is -2.36. The third kappa shape index (κ3) is 2.81. The van der Waals surface area contributed by atoms with Crippen LogP contribution in [0.3, 0.4) is 0 Å². The second-order valence-electron chi connectivity index (χ2n) is 5.21. The molecule has 19 heavy (non-hydrogen) atoms. The molecule has 1 heterocycles. The van der Waals surface area contributed by atoms with Crippen molar-refractivity contribution < 1.29 is 14.6 Å². The van der Waals surface area contributed by atoms with Crippen LogP contribution in [0.4, 0.5) is 5.69 Å². The SMILES string of the molecule is COc1cccc(N)c1C(=O)N1CCC(C)(O)CC1. The van der Waals surface area contributed by atoms with E-state index in [-0.39, 0.29) is 5.91 Å². The van der Waals surface area contributed by atoms with Gasteiger partial charge in [0, 0.05) is 18.8 Å². The van der Waals surface area contributed by atoms with Gasteiger partial charge >= 0.3 is 0 Å². The van der Waals surface area contributed by atoms with Crippen LogP contribution < -0.4 is 10.5 Å². The van der Waals surface area contributed by atoms with Crippen LogP contribution in [0.2, 0.25) is 0 Å². The Balaban J connectivity index is 2.21. The van der Waals surface area contributed by atoms with Gasteiger partial charge in [-0.1, -0.05) is 6.07 Å². The number of carbonyl (C=O) groups is 1. The van der Waals surface area contributed by atoms with E-state index in [9.17, 15) is 9.90 Å². The van der Waals surface area contributed by atoms with Crippen LogP contribution in [0.1, 0.15) is 30.1 Å². The summed E-state index contributed by atoms with van der Waals surface area (Å²) in [5.74, 6) is 0.354. The monoisotopic (exact) mass is 264 g/mol. The molecule has 0 spiro atoms. The van der Waals surface area contributed by atoms with Crippen molar-refractivity contribution in [1.82, 2.24) is 4.90 Å². The average Bonchev–Trinajstić information content (AvgIpc) is 2.37. The van der Waals surface area contributed by atoms with Gasteiger partial charge in [0.1, 0.15) is 11.3 Å². The highest BCUT2D eigenvalue weighted by molar-refractivity contribution is 6.01. The molecule has 1 fully saturated rings. The summed E-state index contributed by atoms with van der Waals surface area (Å²) < 4.78 is 5.20. The van der Waals surface area contributed by atoms with Crippen molar-refractivity contribution in [2.45, 2.75) is 25.4 Å². The lowest BCUT2D eigenvalue weighted by molar-refractivity contribution is -0.00205. The van der Waals surface area contributed by atoms with Gasteiger partial charge in [-0.2, -0.15) is 0 Å². The molecule has 1 amide bonds. The van der Waals surface area contributed by atoms with Crippen molar-refractivity contribution >= 4 is 11.6 Å². The fourth-order valence-electron chi connectivity index (χ4n) is 2.30. The van der Waals surface area contributed by atoms with E-state index in [1.807, 2.05) is 0 Å². The lowest BCUT2D eigenvalue weighted by Crippen LogP contribution is -2.45. The summed E-state index contributed by atoms with van der Waals surface area (Å²) in [4.78, 5) is 14.2. The fraction of sp³-hybridized carbons (Fsp3) is 0.500. The average molecular weight is 264 g/mol. The van der Waals surface area contributed by atoms with Crippen molar-refractivity contribution in [3.05, 3.63) is 23.8 Å². The van der Waals surface area contributed by atoms with Crippen LogP contribution in [0.5, 0.6) is 5.75 Å². The summed E-state index contributed by atoms with van der Waals surface area (Å²) in [6.07, 6.45) is 1.15. The second-order valence-corrected chi connectivity index (χ2v) is 5.21. The van der Waals surface area contributed by atoms with Crippen molar-refractivity contribution in [1.29, 1.82) is 0 Å². The van der Waals surface area contributed by atoms with E-state index in [0.29, 0.717) is 42.9 Å². The molecule has 1 aromatic carbocycles. The van der Waals surface area contributed by atoms with E-state index in [4.69, 9.17) is 10.5 Å². The standard InChI is InChI=1S/C14H20N2O3/c1-14(18)6-8-16(9-7-14)13(17)12-10(15)4-3-5-11(12)19-2/h3-5,18H,6-9,15H2,1-2H3. The Morgan fingerprint density at radius 2 is 2.05 bits per heavy atom. The summed E-state index contributed by atoms with van der Waals surface area (Å²) in [5, 5.41) is 9.91. The molecule has 0 atom stereocenters. The van der Waals surface area contributed by atoms with E-state index in [1.54, 1.807) is 30.0 Å². The Morgan fingerprint density at radius 1 is 1.42 bits per heavy atom. The summed E-state index contributed by atoms with van der Waals surface area (Å²) >= 11 is 0. The first-order chi connectivity index (χ1) is 8.94. The molecule has 0 aromatic heterocycles. The first kappa shape index (κ1) is 13.7. The Labute approximate surface area is 113 Å². The van der Waals surface area contributed by atoms with E-state index < -0.39 is 5.60 Å². The molecule has 1 aliphatic rings. The highest BCUT2D eigenvalue weighted by Crippen LogP contribution is 2.28. The number of methoxy groups -OCH3 is 1. The number of hydrogen-bond acceptors (Lipinski definition) is 4. The zero-order valence-corrected chi connectivity index (χ0v) is 11.3. The van der Waals surface area contributed by atoms with Gasteiger partial charge in [-0.3, -0.25) is 4.79 Å². The number of nitrogen functional groups attached to an aromatic ring is 1. The van der Waals surface area contributed by atoms with Gasteiger partial charge in [0.2, 0.25) is 0 Å². The quantitative estimate of drug-likeness (QED) is 0.789. The topological polar surface area (TPSA) is 75.8 Å². The van der Waals surface area contributed by atoms with Crippen molar-refractivity contribution in [3.8, 4) is 5.75 Å². The maximum atomic E-state index is 12.5. The molecule has 5 nitrogen and oxygen atoms in total. The number of anilines is 1. The van der Waals surface area contributed by atoms with Crippen LogP contribution in [0, 0.1) is 0 Å². The van der Waals surface area contributed by atoms with Crippen LogP contribution in [-0.2, 0) is 0 Å². The number of amides is 1. The highest BCUT2D eigenvalue weighted by Gasteiger charge is 2.31. The van der Waals surface area contributed by atoms with Crippen LogP contribution in [0.15, 0.2) is 18.2 Å². The number of aliphatic hydroxyl groups is 1. The molecule has 0 radical (unpaired) electrons. The second kappa shape index (κ2) is 5.09. The van der Waals surface area contributed by atoms with Crippen molar-refractivity contribution in [3.63, 3.8) is 0 Å². The maximum absolute atomic E-state index is 12.5. The third-order valence-electron chi connectivity index (χ3n) is 3.62. The predicted octanol–water partition coefficient (Wildman–Crippen LogP) is 1.26. The molecule has 104 valence electrons. The molecule has 0 bridgehead atoms. The van der Waals surface area contributed by atoms with Crippen LogP contribution >= 0.6 is 0 Å². The zero-order chi connectivity index (χ0) is 14.0. The number of hydrogen-bond donors (Lipinski definition) is 2. The van der Waals surface area contributed by atoms with Gasteiger partial charge < -0.3 is 20.5 Å². The van der Waals surface area contributed by atoms with Gasteiger partial charge in [0.25, 0.3) is 5.91 Å². The molecule has 2 rings (SSSR count). The third-order valence-corrected chi connectivity index (χ3v) is 3.62. The minimum Gasteiger partial charge on any atom is -0.496 e. The van der Waals surface area contributed by atoms with Crippen LogP contribution in [-0.4, -0.2) is 41.7 Å². The largest absolute Gasteiger partial charge is 0.496 e. The number of piperidine rings is 1. The molecule has 1 aliphatic heterocycles. The minimum atomic E-state index is -0.677. The van der Waals surface area contributed by atoms with Crippen molar-refractivity contribution in [2.24, 2.45) is 0 Å². The van der Waals surface area contributed by atoms with Gasteiger partial charge in [0.05, 0.1) is 12.7 Å². The van der Waals surface area contributed by atoms with E-state index >= 15 is 0 Å². The molecule has 1 saturated heterocycles. The number of benzene rings is 1. The lowest BCUT2D eigenvalue weighted by atomic mass is 9.93. The normalized spacial score (nSPS) is 18.2. The smallest absolute Gasteiger partial charge is 0.259 e. The maximum Gasteiger partial charge on any atom is 0.259 e. The molecule has 5 heteroatoms. The summed E-state index contributed by atoms with van der Waals surface area (Å²) in [5.41, 5.74) is 6.03. The van der Waals surface area contributed by atoms with Crippen LogP contribution in [0.25, 0.3) is 0 Å². The fourth-order valence-corrected chi connectivity index (χ4v) is 2.30. The molecule has 3 N–H and O–H groups in total. The molecular formula is C14H20N2O3. The number of rotatable bonds is 2. The summed E-state index contributed by atoms with van der Waals surface area (Å²) in [6.45, 7) is 2.86. The minimum absolute atomic E-state index is 0.134. The number of nitrogens with two attached hydrogens (primary N) is 1. The number of nitrogens with zero attached hydrogens (tertiary/aromatic N) is 1. The Morgan fingerprint density at radius 3 is 2.63 bits per heavy atom. The predicted molar refractivity (Wildman–Crippen MR) is 73.2 cm³/mol. The van der Waals surface area contributed by atoms with Gasteiger partial charge in [-0.05, 0) is 31.9 Å². The first-order valence-electron chi connectivity index (χ1n) is 6.39. The molecule has 0 saturated carbocycles. The summed E-state index contributed by atoms with van der Waals surface area (Å²) in [6, 6.07) is 5.17. The van der Waals surface area contributed by atoms with E-state index in [0.717, 1.165) is 0 Å². The molecule has 0 aliphatic carbocycles. The number of ether oxygens (including phenoxy) is 1. The van der Waals surface area contributed by atoms with Gasteiger partial charge in [0.15, 0.2) is 0 Å². The Hall–Kier alpha value is -1.75. The molecular weight excluding hydrogens is 244 g/mol. The highest BCUT2D eigenvalue weighted by atomic mass is 16.5. The zero-order valence-electron chi connectivity index (χ0n) is 11.3. The Kier molecular flexibility index (Phi) is 3.66. The Bertz CT molecular complexity index is 476. The van der Waals surface area contributed by atoms with Gasteiger partial charge in [-0.25, -0.2) is 0 Å². The number of carbonyl (C=O) groups excluding carboxylic acids is 1. The first-order valence-corrected chi connectivity index (χ1v) is 6.39. The van der Waals surface area contributed by atoms with Gasteiger partial charge in [-0.15, -0.1) is 0 Å². The number of likely N-dealkylation sites (tertiary alicyclic amines) is 1. The van der Waals surface area contributed by atoms with E-state index in [1.165, 1.54) is 7.11 Å². The van der Waals surface area contributed by atoms with E-state index in [2.05, 4.69) is 0 Å². The molecule has 1 aromatic rings. The van der Waals surface area contributed by atoms with Crippen molar-refractivity contribution in [2.75, 3.05) is 25.9 Å². The molecule has 0 unspecified atom stereocenters.